The molecule has 2 heterocycles. The molecule has 2 unspecified atom stereocenters. The summed E-state index contributed by atoms with van der Waals surface area (Å²) in [6.07, 6.45) is 0. The number of amides is 3. The van der Waals surface area contributed by atoms with Crippen LogP contribution < -0.4 is 10.2 Å². The molecule has 29 heavy (non-hydrogen) atoms. The third-order valence-corrected chi connectivity index (χ3v) is 5.73. The zero-order chi connectivity index (χ0) is 20.7. The number of hydrogen-bond donors (Lipinski definition) is 1. The van der Waals surface area contributed by atoms with Gasteiger partial charge in [0.05, 0.1) is 5.69 Å². The molecule has 2 aliphatic rings. The van der Waals surface area contributed by atoms with E-state index < -0.39 is 29.8 Å². The number of benzene rings is 2. The second-order valence-corrected chi connectivity index (χ2v) is 7.96. The summed E-state index contributed by atoms with van der Waals surface area (Å²) in [7, 11) is 0. The molecule has 1 fully saturated rings. The van der Waals surface area contributed by atoms with Gasteiger partial charge in [-0.1, -0.05) is 38.8 Å². The summed E-state index contributed by atoms with van der Waals surface area (Å²) in [6, 6.07) is 10.1. The van der Waals surface area contributed by atoms with Crippen molar-refractivity contribution in [3.63, 3.8) is 0 Å². The Hall–Kier alpha value is -2.78. The summed E-state index contributed by atoms with van der Waals surface area (Å²) < 4.78 is 0.829. The highest BCUT2D eigenvalue weighted by atomic mass is 79.9. The predicted molar refractivity (Wildman–Crippen MR) is 111 cm³/mol. The second-order valence-electron chi connectivity index (χ2n) is 6.64. The van der Waals surface area contributed by atoms with Gasteiger partial charge in [-0.2, -0.15) is 5.11 Å². The van der Waals surface area contributed by atoms with E-state index in [-0.39, 0.29) is 6.54 Å². The standard InChI is InChI=1S/C19H15BrClN5O3/c1-10-13(21)3-2-4-14(10)22-15(27)9-25-17-16(23-24-25)18(28)26(19(17)29)12-7-5-11(20)6-8-12/h2-8,16-17H,9H2,1H3,(H,22,27). The van der Waals surface area contributed by atoms with Gasteiger partial charge in [-0.15, -0.1) is 0 Å². The highest BCUT2D eigenvalue weighted by Crippen LogP contribution is 2.32. The lowest BCUT2D eigenvalue weighted by molar-refractivity contribution is -0.123. The van der Waals surface area contributed by atoms with Crippen LogP contribution >= 0.6 is 27.5 Å². The Bertz CT molecular complexity index is 1040. The van der Waals surface area contributed by atoms with Crippen molar-refractivity contribution in [2.45, 2.75) is 19.0 Å². The maximum absolute atomic E-state index is 12.9. The first-order chi connectivity index (χ1) is 13.9. The molecule has 8 nitrogen and oxygen atoms in total. The van der Waals surface area contributed by atoms with E-state index in [0.717, 1.165) is 14.9 Å². The topological polar surface area (TPSA) is 94.4 Å². The maximum Gasteiger partial charge on any atom is 0.263 e. The number of carbonyl (C=O) groups is 3. The first-order valence-electron chi connectivity index (χ1n) is 8.72. The number of carbonyl (C=O) groups excluding carboxylic acids is 3. The Morgan fingerprint density at radius 3 is 2.62 bits per heavy atom. The SMILES string of the molecule is Cc1c(Cl)cccc1NC(=O)CN1N=NC2C(=O)N(c3ccc(Br)cc3)C(=O)C21. The molecular weight excluding hydrogens is 462 g/mol. The van der Waals surface area contributed by atoms with Crippen LogP contribution in [0.5, 0.6) is 0 Å². The fourth-order valence-electron chi connectivity index (χ4n) is 3.28. The molecule has 0 saturated carbocycles. The van der Waals surface area contributed by atoms with E-state index in [2.05, 4.69) is 31.6 Å². The number of halogens is 2. The number of anilines is 2. The molecule has 0 spiro atoms. The molecule has 2 aromatic rings. The largest absolute Gasteiger partial charge is 0.324 e. The molecule has 2 aromatic carbocycles. The van der Waals surface area contributed by atoms with Gasteiger partial charge in [-0.3, -0.25) is 19.4 Å². The van der Waals surface area contributed by atoms with Crippen molar-refractivity contribution in [1.29, 1.82) is 0 Å². The van der Waals surface area contributed by atoms with Crippen molar-refractivity contribution in [2.24, 2.45) is 10.3 Å². The van der Waals surface area contributed by atoms with Crippen LogP contribution in [0.25, 0.3) is 0 Å². The van der Waals surface area contributed by atoms with E-state index in [0.29, 0.717) is 16.4 Å². The summed E-state index contributed by atoms with van der Waals surface area (Å²) in [4.78, 5) is 39.2. The maximum atomic E-state index is 12.9. The normalized spacial score (nSPS) is 20.4. The molecule has 10 heteroatoms. The van der Waals surface area contributed by atoms with E-state index >= 15 is 0 Å². The minimum absolute atomic E-state index is 0.218. The van der Waals surface area contributed by atoms with Crippen LogP contribution in [0.4, 0.5) is 11.4 Å². The number of fused-ring (bicyclic) bond motifs is 1. The number of nitrogens with one attached hydrogen (secondary N) is 1. The Morgan fingerprint density at radius 2 is 1.90 bits per heavy atom. The van der Waals surface area contributed by atoms with Crippen LogP contribution in [-0.4, -0.2) is 41.4 Å². The minimum Gasteiger partial charge on any atom is -0.324 e. The van der Waals surface area contributed by atoms with Gasteiger partial charge in [0.1, 0.15) is 6.54 Å². The quantitative estimate of drug-likeness (QED) is 0.685. The lowest BCUT2D eigenvalue weighted by atomic mass is 10.1. The molecule has 2 atom stereocenters. The van der Waals surface area contributed by atoms with E-state index in [1.165, 1.54) is 5.01 Å². The zero-order valence-corrected chi connectivity index (χ0v) is 17.5. The van der Waals surface area contributed by atoms with Crippen LogP contribution in [0.3, 0.4) is 0 Å². The summed E-state index contributed by atoms with van der Waals surface area (Å²) in [6.45, 7) is 1.57. The number of hydrogen-bond acceptors (Lipinski definition) is 6. The van der Waals surface area contributed by atoms with Gasteiger partial charge in [0.25, 0.3) is 11.8 Å². The molecule has 2 aliphatic heterocycles. The average molecular weight is 477 g/mol. The van der Waals surface area contributed by atoms with E-state index in [4.69, 9.17) is 11.6 Å². The van der Waals surface area contributed by atoms with Crippen LogP contribution in [-0.2, 0) is 14.4 Å². The molecule has 3 amide bonds. The Labute approximate surface area is 179 Å². The highest BCUT2D eigenvalue weighted by molar-refractivity contribution is 9.10. The van der Waals surface area contributed by atoms with Gasteiger partial charge in [-0.25, -0.2) is 4.90 Å². The molecule has 1 saturated heterocycles. The van der Waals surface area contributed by atoms with Gasteiger partial charge < -0.3 is 5.32 Å². The molecular formula is C19H15BrClN5O3. The van der Waals surface area contributed by atoms with E-state index in [1.54, 1.807) is 49.4 Å². The minimum atomic E-state index is -0.952. The van der Waals surface area contributed by atoms with Gasteiger partial charge in [0.15, 0.2) is 12.1 Å². The Balaban J connectivity index is 1.49. The second kappa shape index (κ2) is 7.57. The van der Waals surface area contributed by atoms with Gasteiger partial charge in [0, 0.05) is 15.2 Å². The van der Waals surface area contributed by atoms with Gasteiger partial charge in [-0.05, 0) is 48.9 Å². The Morgan fingerprint density at radius 1 is 1.17 bits per heavy atom. The average Bonchev–Trinajstić information content (AvgIpc) is 3.20. The fourth-order valence-corrected chi connectivity index (χ4v) is 3.72. The fraction of sp³-hybridized carbons (Fsp3) is 0.211. The van der Waals surface area contributed by atoms with Crippen molar-refractivity contribution >= 4 is 56.6 Å². The molecule has 0 aliphatic carbocycles. The summed E-state index contributed by atoms with van der Waals surface area (Å²) in [5.41, 5.74) is 1.75. The third kappa shape index (κ3) is 3.51. The van der Waals surface area contributed by atoms with Crippen molar-refractivity contribution in [3.05, 3.63) is 57.5 Å². The zero-order valence-electron chi connectivity index (χ0n) is 15.2. The first-order valence-corrected chi connectivity index (χ1v) is 9.89. The number of rotatable bonds is 4. The molecule has 0 radical (unpaired) electrons. The lowest BCUT2D eigenvalue weighted by Gasteiger charge is -2.20. The van der Waals surface area contributed by atoms with Crippen molar-refractivity contribution in [3.8, 4) is 0 Å². The van der Waals surface area contributed by atoms with Gasteiger partial charge >= 0.3 is 0 Å². The molecule has 4 rings (SSSR count). The number of nitrogens with zero attached hydrogens (tertiary/aromatic N) is 4. The molecule has 0 aromatic heterocycles. The number of imide groups is 1. The highest BCUT2D eigenvalue weighted by Gasteiger charge is 2.55. The van der Waals surface area contributed by atoms with E-state index in [9.17, 15) is 14.4 Å². The van der Waals surface area contributed by atoms with Crippen molar-refractivity contribution < 1.29 is 14.4 Å². The van der Waals surface area contributed by atoms with Crippen molar-refractivity contribution in [2.75, 3.05) is 16.8 Å². The summed E-state index contributed by atoms with van der Waals surface area (Å²) in [5, 5.41) is 12.3. The van der Waals surface area contributed by atoms with Crippen LogP contribution in [0.2, 0.25) is 5.02 Å². The molecule has 0 bridgehead atoms. The molecule has 148 valence electrons. The first kappa shape index (κ1) is 19.5. The third-order valence-electron chi connectivity index (χ3n) is 4.79. The monoisotopic (exact) mass is 475 g/mol. The van der Waals surface area contributed by atoms with Crippen LogP contribution in [0.15, 0.2) is 57.3 Å². The van der Waals surface area contributed by atoms with Gasteiger partial charge in [0.2, 0.25) is 5.91 Å². The lowest BCUT2D eigenvalue weighted by Crippen LogP contribution is -2.43. The smallest absolute Gasteiger partial charge is 0.263 e. The van der Waals surface area contributed by atoms with Crippen molar-refractivity contribution in [1.82, 2.24) is 5.01 Å². The summed E-state index contributed by atoms with van der Waals surface area (Å²) >= 11 is 9.40. The Kier molecular flexibility index (Phi) is 5.10. The summed E-state index contributed by atoms with van der Waals surface area (Å²) in [5.74, 6) is -1.31. The van der Waals surface area contributed by atoms with Crippen LogP contribution in [0.1, 0.15) is 5.56 Å². The predicted octanol–water partition coefficient (Wildman–Crippen LogP) is 3.34. The van der Waals surface area contributed by atoms with Crippen LogP contribution in [0, 0.1) is 6.92 Å². The molecule has 1 N–H and O–H groups in total. The van der Waals surface area contributed by atoms with E-state index in [1.807, 2.05) is 0 Å².